The molecule has 15 nitrogen and oxygen atoms in total. The third-order valence-corrected chi connectivity index (χ3v) is 5.76. The van der Waals surface area contributed by atoms with Crippen molar-refractivity contribution in [3.63, 3.8) is 0 Å². The number of phosphoric ester groups is 1. The molecule has 0 bridgehead atoms. The zero-order valence-corrected chi connectivity index (χ0v) is 17.8. The number of fused-ring (bicyclic) bond motifs is 1. The highest BCUT2D eigenvalue weighted by Crippen LogP contribution is 2.45. The summed E-state index contributed by atoms with van der Waals surface area (Å²) in [6.45, 7) is -0.239. The van der Waals surface area contributed by atoms with Crippen LogP contribution >= 0.6 is 7.82 Å². The normalized spacial score (nSPS) is 26.2. The lowest BCUT2D eigenvalue weighted by Gasteiger charge is -2.18. The molecular formula is C16H26N7O8P. The lowest BCUT2D eigenvalue weighted by molar-refractivity contribution is -0.138. The van der Waals surface area contributed by atoms with Crippen LogP contribution in [0.5, 0.6) is 0 Å². The number of aliphatic hydroxyl groups excluding tert-OH is 2. The summed E-state index contributed by atoms with van der Waals surface area (Å²) in [4.78, 5) is 33.6. The second-order valence-corrected chi connectivity index (χ2v) is 8.57. The van der Waals surface area contributed by atoms with Crippen molar-refractivity contribution in [2.45, 2.75) is 49.8 Å². The molecule has 2 aromatic heterocycles. The van der Waals surface area contributed by atoms with Crippen LogP contribution in [0, 0.1) is 0 Å². The van der Waals surface area contributed by atoms with Crippen molar-refractivity contribution < 1.29 is 38.3 Å². The number of nitrogens with zero attached hydrogens (tertiary/aromatic N) is 4. The van der Waals surface area contributed by atoms with Crippen molar-refractivity contribution in [1.82, 2.24) is 19.5 Å². The van der Waals surface area contributed by atoms with Gasteiger partial charge in [-0.25, -0.2) is 24.3 Å². The topological polar surface area (TPSA) is 244 Å². The maximum Gasteiger partial charge on any atom is 0.529 e. The van der Waals surface area contributed by atoms with Gasteiger partial charge in [-0.1, -0.05) is 6.42 Å². The fourth-order valence-corrected chi connectivity index (χ4v) is 3.91. The highest BCUT2D eigenvalue weighted by atomic mass is 31.2. The van der Waals surface area contributed by atoms with Gasteiger partial charge < -0.3 is 36.7 Å². The molecule has 0 aromatic carbocycles. The molecule has 6 atom stereocenters. The predicted octanol–water partition coefficient (Wildman–Crippen LogP) is -1.86. The van der Waals surface area contributed by atoms with Gasteiger partial charge in [0.2, 0.25) is 0 Å². The van der Waals surface area contributed by atoms with Gasteiger partial charge in [0, 0.05) is 0 Å². The van der Waals surface area contributed by atoms with Gasteiger partial charge in [0.1, 0.15) is 36.2 Å². The Balaban J connectivity index is 1.60. The number of phosphoric acid groups is 1. The molecule has 16 heteroatoms. The molecule has 2 aromatic rings. The maximum atomic E-state index is 12.1. The lowest BCUT2D eigenvalue weighted by atomic mass is 10.1. The molecule has 32 heavy (non-hydrogen) atoms. The monoisotopic (exact) mass is 475 g/mol. The van der Waals surface area contributed by atoms with Crippen LogP contribution in [0.4, 0.5) is 5.82 Å². The summed E-state index contributed by atoms with van der Waals surface area (Å²) in [5.74, 6) is -0.994. The van der Waals surface area contributed by atoms with Gasteiger partial charge in [0.15, 0.2) is 17.7 Å². The van der Waals surface area contributed by atoms with Crippen LogP contribution in [0.1, 0.15) is 25.5 Å². The Labute approximate surface area is 182 Å². The minimum atomic E-state index is -4.85. The van der Waals surface area contributed by atoms with Gasteiger partial charge in [0.05, 0.1) is 12.9 Å². The summed E-state index contributed by atoms with van der Waals surface area (Å²) in [5, 5.41) is 20.7. The first-order valence-electron chi connectivity index (χ1n) is 9.75. The number of hydrogen-bond acceptors (Lipinski definition) is 13. The predicted molar refractivity (Wildman–Crippen MR) is 108 cm³/mol. The molecule has 1 aliphatic rings. The number of rotatable bonds is 10. The number of unbranched alkanes of at least 4 members (excludes halogenated alkanes) is 1. The number of aliphatic hydroxyl groups is 2. The SMILES string of the molecule is NCCCCC(N)C(=O)OP(=O)(O)OCC1OC(n2cnc3c(N)ncnc32)C(O)C1O. The van der Waals surface area contributed by atoms with E-state index in [1.807, 2.05) is 0 Å². The molecule has 3 rings (SSSR count). The zero-order chi connectivity index (χ0) is 23.5. The molecule has 1 fully saturated rings. The molecule has 0 amide bonds. The van der Waals surface area contributed by atoms with E-state index >= 15 is 0 Å². The van der Waals surface area contributed by atoms with Crippen molar-refractivity contribution in [1.29, 1.82) is 0 Å². The lowest BCUT2D eigenvalue weighted by Crippen LogP contribution is -2.34. The first kappa shape index (κ1) is 24.4. The standard InChI is InChI=1S/C16H26N7O8P/c17-4-2-1-3-8(18)16(26)31-32(27,28)29-5-9-11(24)12(25)15(30-9)23-7-22-10-13(19)20-6-21-14(10)23/h6-9,11-12,15,24-25H,1-5,17-18H2,(H,27,28)(H2,19,20,21). The zero-order valence-electron chi connectivity index (χ0n) is 16.9. The fourth-order valence-electron chi connectivity index (χ4n) is 3.15. The Morgan fingerprint density at radius 2 is 2.03 bits per heavy atom. The molecule has 3 heterocycles. The van der Waals surface area contributed by atoms with Crippen molar-refractivity contribution in [3.8, 4) is 0 Å². The van der Waals surface area contributed by atoms with Gasteiger partial charge in [-0.15, -0.1) is 0 Å². The smallest absolute Gasteiger partial charge is 0.387 e. The summed E-state index contributed by atoms with van der Waals surface area (Å²) >= 11 is 0. The van der Waals surface area contributed by atoms with Crippen LogP contribution in [0.25, 0.3) is 11.2 Å². The average molecular weight is 475 g/mol. The van der Waals surface area contributed by atoms with E-state index < -0.39 is 51.0 Å². The Kier molecular flexibility index (Phi) is 7.74. The number of nitrogen functional groups attached to an aromatic ring is 1. The van der Waals surface area contributed by atoms with Crippen LogP contribution in [-0.4, -0.2) is 78.1 Å². The third kappa shape index (κ3) is 5.39. The Bertz CT molecular complexity index is 990. The minimum absolute atomic E-state index is 0.117. The minimum Gasteiger partial charge on any atom is -0.387 e. The van der Waals surface area contributed by atoms with E-state index in [0.29, 0.717) is 19.4 Å². The number of ether oxygens (including phenoxy) is 1. The van der Waals surface area contributed by atoms with Gasteiger partial charge in [-0.05, 0) is 19.4 Å². The molecule has 9 N–H and O–H groups in total. The maximum absolute atomic E-state index is 12.1. The Morgan fingerprint density at radius 1 is 1.28 bits per heavy atom. The van der Waals surface area contributed by atoms with Gasteiger partial charge >= 0.3 is 13.8 Å². The molecule has 1 saturated heterocycles. The number of carbonyl (C=O) groups excluding carboxylic acids is 1. The van der Waals surface area contributed by atoms with Gasteiger partial charge in [-0.3, -0.25) is 14.0 Å². The highest BCUT2D eigenvalue weighted by molar-refractivity contribution is 7.48. The second-order valence-electron chi connectivity index (χ2n) is 7.19. The van der Waals surface area contributed by atoms with E-state index in [-0.39, 0.29) is 23.4 Å². The largest absolute Gasteiger partial charge is 0.529 e. The van der Waals surface area contributed by atoms with E-state index in [1.54, 1.807) is 0 Å². The summed E-state index contributed by atoms with van der Waals surface area (Å²) < 4.78 is 28.3. The van der Waals surface area contributed by atoms with E-state index in [9.17, 15) is 24.5 Å². The third-order valence-electron chi connectivity index (χ3n) is 4.88. The number of hydrogen-bond donors (Lipinski definition) is 6. The number of anilines is 1. The molecule has 1 aliphatic heterocycles. The van der Waals surface area contributed by atoms with E-state index in [1.165, 1.54) is 17.2 Å². The molecular weight excluding hydrogens is 449 g/mol. The van der Waals surface area contributed by atoms with Crippen molar-refractivity contribution >= 4 is 30.8 Å². The quantitative estimate of drug-likeness (QED) is 0.163. The number of imidazole rings is 1. The van der Waals surface area contributed by atoms with Crippen LogP contribution in [0.15, 0.2) is 12.7 Å². The first-order chi connectivity index (χ1) is 15.1. The second kappa shape index (κ2) is 10.1. The summed E-state index contributed by atoms with van der Waals surface area (Å²) in [6, 6.07) is -1.12. The Morgan fingerprint density at radius 3 is 2.75 bits per heavy atom. The number of nitrogens with two attached hydrogens (primary N) is 3. The molecule has 0 aliphatic carbocycles. The van der Waals surface area contributed by atoms with Crippen molar-refractivity contribution in [2.24, 2.45) is 11.5 Å². The summed E-state index contributed by atoms with van der Waals surface area (Å²) in [7, 11) is -4.85. The van der Waals surface area contributed by atoms with Crippen LogP contribution in [0.2, 0.25) is 0 Å². The highest BCUT2D eigenvalue weighted by Gasteiger charge is 2.45. The number of carbonyl (C=O) groups is 1. The van der Waals surface area contributed by atoms with E-state index in [4.69, 9.17) is 26.5 Å². The van der Waals surface area contributed by atoms with E-state index in [2.05, 4.69) is 19.5 Å². The molecule has 0 spiro atoms. The average Bonchev–Trinajstić information content (AvgIpc) is 3.29. The van der Waals surface area contributed by atoms with Gasteiger partial charge in [0.25, 0.3) is 0 Å². The molecule has 6 unspecified atom stereocenters. The van der Waals surface area contributed by atoms with Crippen LogP contribution < -0.4 is 17.2 Å². The number of aromatic nitrogens is 4. The first-order valence-corrected chi connectivity index (χ1v) is 11.2. The van der Waals surface area contributed by atoms with Crippen molar-refractivity contribution in [2.75, 3.05) is 18.9 Å². The molecule has 0 radical (unpaired) electrons. The summed E-state index contributed by atoms with van der Waals surface area (Å²) in [5.41, 5.74) is 17.2. The fraction of sp³-hybridized carbons (Fsp3) is 0.625. The van der Waals surface area contributed by atoms with Gasteiger partial charge in [-0.2, -0.15) is 0 Å². The molecule has 178 valence electrons. The van der Waals surface area contributed by atoms with Crippen LogP contribution in [-0.2, 0) is 23.1 Å². The summed E-state index contributed by atoms with van der Waals surface area (Å²) in [6.07, 6.45) is -1.42. The molecule has 0 saturated carbocycles. The van der Waals surface area contributed by atoms with Crippen LogP contribution in [0.3, 0.4) is 0 Å². The van der Waals surface area contributed by atoms with E-state index in [0.717, 1.165) is 0 Å². The van der Waals surface area contributed by atoms with Crippen molar-refractivity contribution in [3.05, 3.63) is 12.7 Å². The Hall–Kier alpha value is -2.23.